The fourth-order valence-corrected chi connectivity index (χ4v) is 1.86. The topological polar surface area (TPSA) is 37.3 Å². The van der Waals surface area contributed by atoms with E-state index in [1.165, 1.54) is 25.7 Å². The number of hydrogen-bond acceptors (Lipinski definition) is 1. The first-order valence-corrected chi connectivity index (χ1v) is 8.29. The molecule has 0 aliphatic heterocycles. The third-order valence-electron chi connectivity index (χ3n) is 2.70. The van der Waals surface area contributed by atoms with Crippen molar-refractivity contribution in [2.24, 2.45) is 0 Å². The highest BCUT2D eigenvalue weighted by Crippen LogP contribution is 2.06. The van der Waals surface area contributed by atoms with Crippen LogP contribution in [0.3, 0.4) is 0 Å². The van der Waals surface area contributed by atoms with Crippen LogP contribution in [0.2, 0.25) is 0 Å². The molecule has 0 bridgehead atoms. The summed E-state index contributed by atoms with van der Waals surface area (Å²) < 4.78 is 0. The number of halogens is 1. The van der Waals surface area contributed by atoms with Gasteiger partial charge in [0.05, 0.1) is 0 Å². The van der Waals surface area contributed by atoms with Crippen molar-refractivity contribution < 1.29 is 9.90 Å². The van der Waals surface area contributed by atoms with Gasteiger partial charge in [0, 0.05) is 12.8 Å². The molecule has 0 atom stereocenters. The third kappa shape index (κ3) is 18.5. The molecule has 0 spiro atoms. The van der Waals surface area contributed by atoms with Crippen LogP contribution in [0, 0.1) is 23.7 Å². The Morgan fingerprint density at radius 3 is 2.38 bits per heavy atom. The fraction of sp³-hybridized carbons (Fsp3) is 0.500. The van der Waals surface area contributed by atoms with Gasteiger partial charge in [-0.3, -0.25) is 4.79 Å². The van der Waals surface area contributed by atoms with Crippen LogP contribution in [0.4, 0.5) is 0 Å². The van der Waals surface area contributed by atoms with Crippen LogP contribution in [0.25, 0.3) is 0 Å². The standard InChI is InChI=1S/C18H23BrO2/c19-17-15-13-11-9-7-5-3-1-2-4-6-8-10-12-14-16-18(20)21/h1-2,15,17H,3,5,7,9,11-14,16H2,(H,20,21)/b2-1+,17-15+. The molecule has 114 valence electrons. The lowest BCUT2D eigenvalue weighted by molar-refractivity contribution is -0.137. The number of hydrogen-bond donors (Lipinski definition) is 1. The van der Waals surface area contributed by atoms with Crippen molar-refractivity contribution >= 4 is 21.9 Å². The molecule has 0 saturated heterocycles. The van der Waals surface area contributed by atoms with Gasteiger partial charge in [0.15, 0.2) is 0 Å². The van der Waals surface area contributed by atoms with Crippen molar-refractivity contribution in [1.82, 2.24) is 0 Å². The maximum Gasteiger partial charge on any atom is 0.303 e. The first kappa shape index (κ1) is 19.6. The monoisotopic (exact) mass is 350 g/mol. The fourth-order valence-electron chi connectivity index (χ4n) is 1.60. The molecule has 0 aliphatic carbocycles. The molecule has 0 fully saturated rings. The molecule has 21 heavy (non-hydrogen) atoms. The van der Waals surface area contributed by atoms with Gasteiger partial charge in [-0.25, -0.2) is 0 Å². The van der Waals surface area contributed by atoms with E-state index < -0.39 is 5.97 Å². The first-order valence-electron chi connectivity index (χ1n) is 7.37. The lowest BCUT2D eigenvalue weighted by Crippen LogP contribution is -1.92. The SMILES string of the molecule is O=C(O)CCCC#CC#C/C=C/CCCCCC/C=C/Br. The van der Waals surface area contributed by atoms with Gasteiger partial charge in [-0.2, -0.15) is 0 Å². The van der Waals surface area contributed by atoms with Crippen LogP contribution in [0.15, 0.2) is 23.2 Å². The largest absolute Gasteiger partial charge is 0.481 e. The van der Waals surface area contributed by atoms with E-state index in [0.717, 1.165) is 12.8 Å². The van der Waals surface area contributed by atoms with Crippen molar-refractivity contribution in [2.45, 2.75) is 57.8 Å². The summed E-state index contributed by atoms with van der Waals surface area (Å²) in [5, 5.41) is 8.44. The highest BCUT2D eigenvalue weighted by molar-refractivity contribution is 9.11. The third-order valence-corrected chi connectivity index (χ3v) is 3.07. The normalized spacial score (nSPS) is 10.1. The van der Waals surface area contributed by atoms with E-state index in [4.69, 9.17) is 5.11 Å². The summed E-state index contributed by atoms with van der Waals surface area (Å²) in [6.07, 6.45) is 14.6. The van der Waals surface area contributed by atoms with E-state index in [9.17, 15) is 4.79 Å². The van der Waals surface area contributed by atoms with Crippen molar-refractivity contribution in [2.75, 3.05) is 0 Å². The summed E-state index contributed by atoms with van der Waals surface area (Å²) in [7, 11) is 0. The Kier molecular flexibility index (Phi) is 15.5. The highest BCUT2D eigenvalue weighted by Gasteiger charge is 1.92. The zero-order chi connectivity index (χ0) is 15.6. The number of carbonyl (C=O) groups is 1. The quantitative estimate of drug-likeness (QED) is 0.442. The van der Waals surface area contributed by atoms with Crippen LogP contribution in [-0.4, -0.2) is 11.1 Å². The van der Waals surface area contributed by atoms with Crippen molar-refractivity contribution in [3.8, 4) is 23.7 Å². The number of carboxylic acid groups (broad SMARTS) is 1. The number of unbranched alkanes of at least 4 members (excludes halogenated alkanes) is 6. The molecule has 0 saturated carbocycles. The maximum absolute atomic E-state index is 10.3. The van der Waals surface area contributed by atoms with E-state index in [0.29, 0.717) is 12.8 Å². The molecule has 3 heteroatoms. The molecular weight excluding hydrogens is 328 g/mol. The predicted molar refractivity (Wildman–Crippen MR) is 91.9 cm³/mol. The molecular formula is C18H23BrO2. The van der Waals surface area contributed by atoms with Crippen molar-refractivity contribution in [3.63, 3.8) is 0 Å². The zero-order valence-electron chi connectivity index (χ0n) is 12.4. The summed E-state index contributed by atoms with van der Waals surface area (Å²) in [5.41, 5.74) is 0. The van der Waals surface area contributed by atoms with E-state index >= 15 is 0 Å². The van der Waals surface area contributed by atoms with E-state index in [1.807, 2.05) is 11.1 Å². The van der Waals surface area contributed by atoms with Crippen LogP contribution < -0.4 is 0 Å². The Morgan fingerprint density at radius 1 is 1.00 bits per heavy atom. The Bertz CT molecular complexity index is 441. The minimum Gasteiger partial charge on any atom is -0.481 e. The van der Waals surface area contributed by atoms with E-state index in [1.54, 1.807) is 0 Å². The lowest BCUT2D eigenvalue weighted by Gasteiger charge is -1.95. The van der Waals surface area contributed by atoms with Gasteiger partial charge >= 0.3 is 5.97 Å². The maximum atomic E-state index is 10.3. The van der Waals surface area contributed by atoms with Crippen molar-refractivity contribution in [1.29, 1.82) is 0 Å². The van der Waals surface area contributed by atoms with E-state index in [2.05, 4.69) is 51.8 Å². The average Bonchev–Trinajstić information content (AvgIpc) is 2.46. The minimum absolute atomic E-state index is 0.175. The van der Waals surface area contributed by atoms with Gasteiger partial charge in [-0.15, -0.1) is 0 Å². The van der Waals surface area contributed by atoms with Crippen LogP contribution in [0.5, 0.6) is 0 Å². The van der Waals surface area contributed by atoms with Gasteiger partial charge in [0.25, 0.3) is 0 Å². The average molecular weight is 351 g/mol. The predicted octanol–water partition coefficient (Wildman–Crippen LogP) is 5.05. The molecule has 2 nitrogen and oxygen atoms in total. The molecule has 0 heterocycles. The molecule has 0 aromatic carbocycles. The Labute approximate surface area is 136 Å². The Balaban J connectivity index is 3.45. The Morgan fingerprint density at radius 2 is 1.71 bits per heavy atom. The summed E-state index contributed by atoms with van der Waals surface area (Å²) in [5.74, 6) is 10.4. The van der Waals surface area contributed by atoms with Crippen LogP contribution in [-0.2, 0) is 4.79 Å². The summed E-state index contributed by atoms with van der Waals surface area (Å²) in [4.78, 5) is 12.2. The van der Waals surface area contributed by atoms with Gasteiger partial charge < -0.3 is 5.11 Å². The molecule has 0 radical (unpaired) electrons. The molecule has 0 aromatic rings. The lowest BCUT2D eigenvalue weighted by atomic mass is 10.1. The number of allylic oxidation sites excluding steroid dienone is 3. The van der Waals surface area contributed by atoms with E-state index in [-0.39, 0.29) is 6.42 Å². The summed E-state index contributed by atoms with van der Waals surface area (Å²) in [6.45, 7) is 0. The molecule has 0 unspecified atom stereocenters. The zero-order valence-corrected chi connectivity index (χ0v) is 14.0. The van der Waals surface area contributed by atoms with Gasteiger partial charge in [0.1, 0.15) is 0 Å². The van der Waals surface area contributed by atoms with Crippen molar-refractivity contribution in [3.05, 3.63) is 23.2 Å². The second-order valence-electron chi connectivity index (χ2n) is 4.57. The number of carboxylic acids is 1. The number of rotatable bonds is 10. The van der Waals surface area contributed by atoms with Gasteiger partial charge in [-0.05, 0) is 55.0 Å². The molecule has 0 rings (SSSR count). The van der Waals surface area contributed by atoms with Gasteiger partial charge in [0.2, 0.25) is 0 Å². The first-order chi connectivity index (χ1) is 10.3. The molecule has 0 amide bonds. The highest BCUT2D eigenvalue weighted by atomic mass is 79.9. The Hall–Kier alpha value is -1.45. The van der Waals surface area contributed by atoms with Crippen LogP contribution in [0.1, 0.15) is 57.8 Å². The van der Waals surface area contributed by atoms with Crippen LogP contribution >= 0.6 is 15.9 Å². The summed E-state index contributed by atoms with van der Waals surface area (Å²) in [6, 6.07) is 0. The van der Waals surface area contributed by atoms with Gasteiger partial charge in [-0.1, -0.05) is 52.8 Å². The summed E-state index contributed by atoms with van der Waals surface area (Å²) >= 11 is 3.26. The minimum atomic E-state index is -0.773. The molecule has 0 aliphatic rings. The second kappa shape index (κ2) is 16.6. The molecule has 1 N–H and O–H groups in total. The number of aliphatic carboxylic acids is 1. The smallest absolute Gasteiger partial charge is 0.303 e. The molecule has 0 aromatic heterocycles. The second-order valence-corrected chi connectivity index (χ2v) is 5.10.